The third-order valence-corrected chi connectivity index (χ3v) is 3.68. The lowest BCUT2D eigenvalue weighted by Gasteiger charge is -2.02. The highest BCUT2D eigenvalue weighted by Crippen LogP contribution is 2.22. The molecule has 1 atom stereocenters. The monoisotopic (exact) mass is 253 g/mol. The van der Waals surface area contributed by atoms with E-state index in [0.717, 1.165) is 17.7 Å². The Balaban J connectivity index is 2.25. The Kier molecular flexibility index (Phi) is 5.94. The smallest absolute Gasteiger partial charge is 0.220 e. The van der Waals surface area contributed by atoms with E-state index in [9.17, 15) is 9.90 Å². The maximum absolute atomic E-state index is 11.3. The summed E-state index contributed by atoms with van der Waals surface area (Å²) < 4.78 is 0. The molecule has 0 aliphatic rings. The fourth-order valence-corrected chi connectivity index (χ4v) is 2.35. The number of hydrogen-bond donors (Lipinski definition) is 2. The number of amides is 1. The molecular weight excluding hydrogens is 234 g/mol. The molecule has 0 spiro atoms. The summed E-state index contributed by atoms with van der Waals surface area (Å²) in [6.45, 7) is 5.98. The van der Waals surface area contributed by atoms with Crippen molar-refractivity contribution in [3.8, 4) is 0 Å². The van der Waals surface area contributed by atoms with Crippen LogP contribution >= 0.6 is 11.3 Å². The van der Waals surface area contributed by atoms with Gasteiger partial charge < -0.3 is 10.4 Å². The predicted molar refractivity (Wildman–Crippen MR) is 71.1 cm³/mol. The quantitative estimate of drug-likeness (QED) is 0.733. The first-order valence-corrected chi connectivity index (χ1v) is 6.59. The Hall–Kier alpha value is -1.13. The van der Waals surface area contributed by atoms with Crippen molar-refractivity contribution in [1.29, 1.82) is 0 Å². The summed E-state index contributed by atoms with van der Waals surface area (Å²) in [5.41, 5.74) is 0. The molecule has 1 aromatic rings. The summed E-state index contributed by atoms with van der Waals surface area (Å²) in [5, 5.41) is 12.2. The van der Waals surface area contributed by atoms with Gasteiger partial charge in [0.1, 0.15) is 0 Å². The zero-order chi connectivity index (χ0) is 12.7. The van der Waals surface area contributed by atoms with E-state index in [1.807, 2.05) is 12.1 Å². The molecule has 0 aromatic carbocycles. The lowest BCUT2D eigenvalue weighted by Crippen LogP contribution is -2.24. The normalized spacial score (nSPS) is 12.1. The SMILES string of the molecule is C=CCCC(=O)NCCc1ccc(C(C)O)s1. The second-order valence-electron chi connectivity index (χ2n) is 3.91. The van der Waals surface area contributed by atoms with Crippen LogP contribution in [0, 0.1) is 0 Å². The topological polar surface area (TPSA) is 49.3 Å². The molecule has 0 radical (unpaired) electrons. The average molecular weight is 253 g/mol. The minimum Gasteiger partial charge on any atom is -0.388 e. The van der Waals surface area contributed by atoms with Gasteiger partial charge in [0.05, 0.1) is 6.10 Å². The van der Waals surface area contributed by atoms with Gasteiger partial charge in [0.25, 0.3) is 0 Å². The van der Waals surface area contributed by atoms with E-state index >= 15 is 0 Å². The van der Waals surface area contributed by atoms with Crippen LogP contribution in [0.3, 0.4) is 0 Å². The molecule has 2 N–H and O–H groups in total. The summed E-state index contributed by atoms with van der Waals surface area (Å²) in [4.78, 5) is 13.5. The summed E-state index contributed by atoms with van der Waals surface area (Å²) in [5.74, 6) is 0.0669. The highest BCUT2D eigenvalue weighted by Gasteiger charge is 2.05. The van der Waals surface area contributed by atoms with E-state index < -0.39 is 6.10 Å². The molecule has 4 heteroatoms. The largest absolute Gasteiger partial charge is 0.388 e. The first-order valence-electron chi connectivity index (χ1n) is 5.77. The number of rotatable bonds is 7. The third kappa shape index (κ3) is 5.15. The number of aliphatic hydroxyl groups is 1. The standard InChI is InChI=1S/C13H19NO2S/c1-3-4-5-13(16)14-9-8-11-6-7-12(17-11)10(2)15/h3,6-7,10,15H,1,4-5,8-9H2,2H3,(H,14,16). The molecule has 1 heterocycles. The number of allylic oxidation sites excluding steroid dienone is 1. The second kappa shape index (κ2) is 7.25. The number of carbonyl (C=O) groups is 1. The van der Waals surface area contributed by atoms with Crippen LogP contribution in [0.1, 0.15) is 35.6 Å². The van der Waals surface area contributed by atoms with E-state index in [4.69, 9.17) is 0 Å². The summed E-state index contributed by atoms with van der Waals surface area (Å²) in [7, 11) is 0. The van der Waals surface area contributed by atoms with Gasteiger partial charge in [-0.2, -0.15) is 0 Å². The van der Waals surface area contributed by atoms with Crippen molar-refractivity contribution in [3.05, 3.63) is 34.5 Å². The van der Waals surface area contributed by atoms with Gasteiger partial charge >= 0.3 is 0 Å². The highest BCUT2D eigenvalue weighted by atomic mass is 32.1. The average Bonchev–Trinajstić information content (AvgIpc) is 2.75. The van der Waals surface area contributed by atoms with E-state index in [2.05, 4.69) is 11.9 Å². The Labute approximate surface area is 106 Å². The van der Waals surface area contributed by atoms with Gasteiger partial charge in [0, 0.05) is 22.7 Å². The van der Waals surface area contributed by atoms with Crippen LogP contribution in [0.4, 0.5) is 0 Å². The summed E-state index contributed by atoms with van der Waals surface area (Å²) in [6, 6.07) is 3.94. The van der Waals surface area contributed by atoms with Gasteiger partial charge in [-0.15, -0.1) is 17.9 Å². The van der Waals surface area contributed by atoms with Crippen molar-refractivity contribution >= 4 is 17.2 Å². The Morgan fingerprint density at radius 2 is 2.41 bits per heavy atom. The van der Waals surface area contributed by atoms with E-state index in [1.54, 1.807) is 24.3 Å². The van der Waals surface area contributed by atoms with Gasteiger partial charge in [0.2, 0.25) is 5.91 Å². The van der Waals surface area contributed by atoms with Crippen molar-refractivity contribution < 1.29 is 9.90 Å². The van der Waals surface area contributed by atoms with Crippen molar-refractivity contribution in [2.24, 2.45) is 0 Å². The van der Waals surface area contributed by atoms with E-state index in [0.29, 0.717) is 13.0 Å². The Bertz CT molecular complexity index is 371. The zero-order valence-corrected chi connectivity index (χ0v) is 10.9. The van der Waals surface area contributed by atoms with Crippen LogP contribution in [-0.4, -0.2) is 17.6 Å². The first kappa shape index (κ1) is 13.9. The molecule has 0 bridgehead atoms. The van der Waals surface area contributed by atoms with Crippen LogP contribution in [0.15, 0.2) is 24.8 Å². The van der Waals surface area contributed by atoms with Crippen molar-refractivity contribution in [2.75, 3.05) is 6.54 Å². The fraction of sp³-hybridized carbons (Fsp3) is 0.462. The molecule has 0 fully saturated rings. The maximum Gasteiger partial charge on any atom is 0.220 e. The van der Waals surface area contributed by atoms with Crippen LogP contribution in [0.5, 0.6) is 0 Å². The number of nitrogens with one attached hydrogen (secondary N) is 1. The molecular formula is C13H19NO2S. The molecule has 0 aliphatic carbocycles. The number of thiophene rings is 1. The van der Waals surface area contributed by atoms with Gasteiger partial charge in [-0.1, -0.05) is 6.08 Å². The minimum absolute atomic E-state index is 0.0669. The second-order valence-corrected chi connectivity index (χ2v) is 5.11. The van der Waals surface area contributed by atoms with E-state index in [-0.39, 0.29) is 5.91 Å². The number of aliphatic hydroxyl groups excluding tert-OH is 1. The van der Waals surface area contributed by atoms with E-state index in [1.165, 1.54) is 4.88 Å². The molecule has 17 heavy (non-hydrogen) atoms. The van der Waals surface area contributed by atoms with Crippen molar-refractivity contribution in [1.82, 2.24) is 5.32 Å². The van der Waals surface area contributed by atoms with Crippen molar-refractivity contribution in [3.63, 3.8) is 0 Å². The van der Waals surface area contributed by atoms with Crippen LogP contribution in [0.25, 0.3) is 0 Å². The zero-order valence-electron chi connectivity index (χ0n) is 10.1. The molecule has 0 aliphatic heterocycles. The Morgan fingerprint density at radius 3 is 3.00 bits per heavy atom. The van der Waals surface area contributed by atoms with Gasteiger partial charge in [-0.3, -0.25) is 4.79 Å². The lowest BCUT2D eigenvalue weighted by atomic mass is 10.3. The lowest BCUT2D eigenvalue weighted by molar-refractivity contribution is -0.120. The molecule has 1 aromatic heterocycles. The third-order valence-electron chi connectivity index (χ3n) is 2.36. The van der Waals surface area contributed by atoms with Gasteiger partial charge in [-0.25, -0.2) is 0 Å². The minimum atomic E-state index is -0.407. The number of hydrogen-bond acceptors (Lipinski definition) is 3. The predicted octanol–water partition coefficient (Wildman–Crippen LogP) is 2.43. The van der Waals surface area contributed by atoms with Crippen LogP contribution in [0.2, 0.25) is 0 Å². The molecule has 94 valence electrons. The molecule has 1 rings (SSSR count). The fourth-order valence-electron chi connectivity index (χ4n) is 1.40. The summed E-state index contributed by atoms with van der Waals surface area (Å²) in [6.07, 6.45) is 3.38. The van der Waals surface area contributed by atoms with Crippen LogP contribution < -0.4 is 5.32 Å². The van der Waals surface area contributed by atoms with Gasteiger partial charge in [0.15, 0.2) is 0 Å². The molecule has 1 amide bonds. The van der Waals surface area contributed by atoms with Crippen molar-refractivity contribution in [2.45, 2.75) is 32.3 Å². The number of carbonyl (C=O) groups excluding carboxylic acids is 1. The first-order chi connectivity index (χ1) is 8.13. The van der Waals surface area contributed by atoms with Gasteiger partial charge in [-0.05, 0) is 31.9 Å². The molecule has 1 unspecified atom stereocenters. The molecule has 0 saturated carbocycles. The summed E-state index contributed by atoms with van der Waals surface area (Å²) >= 11 is 1.59. The molecule has 0 saturated heterocycles. The molecule has 3 nitrogen and oxygen atoms in total. The maximum atomic E-state index is 11.3. The highest BCUT2D eigenvalue weighted by molar-refractivity contribution is 7.12. The Morgan fingerprint density at radius 1 is 1.65 bits per heavy atom. The van der Waals surface area contributed by atoms with Crippen LogP contribution in [-0.2, 0) is 11.2 Å².